The molecular weight excluding hydrogens is 328 g/mol. The molecule has 5 nitrogen and oxygen atoms in total. The van der Waals surface area contributed by atoms with Gasteiger partial charge in [0.1, 0.15) is 11.5 Å². The lowest BCUT2D eigenvalue weighted by Crippen LogP contribution is -2.36. The van der Waals surface area contributed by atoms with Crippen molar-refractivity contribution in [1.29, 1.82) is 0 Å². The van der Waals surface area contributed by atoms with E-state index >= 15 is 0 Å². The third-order valence-corrected chi connectivity index (χ3v) is 5.23. The normalized spacial score (nSPS) is 17.8. The summed E-state index contributed by atoms with van der Waals surface area (Å²) >= 11 is 0. The largest absolute Gasteiger partial charge is 0.497 e. The molecule has 0 fully saturated rings. The molecule has 2 aliphatic heterocycles. The summed E-state index contributed by atoms with van der Waals surface area (Å²) in [5, 5.41) is 0. The van der Waals surface area contributed by atoms with Gasteiger partial charge in [-0.1, -0.05) is 24.3 Å². The Bertz CT molecular complexity index is 876. The molecule has 1 atom stereocenters. The monoisotopic (exact) mass is 350 g/mol. The van der Waals surface area contributed by atoms with E-state index in [1.807, 2.05) is 24.3 Å². The van der Waals surface area contributed by atoms with Crippen molar-refractivity contribution in [2.45, 2.75) is 25.3 Å². The van der Waals surface area contributed by atoms with Gasteiger partial charge in [0.2, 0.25) is 0 Å². The number of para-hydroxylation sites is 1. The van der Waals surface area contributed by atoms with Crippen molar-refractivity contribution in [3.8, 4) is 11.5 Å². The molecule has 0 N–H and O–H groups in total. The van der Waals surface area contributed by atoms with Crippen LogP contribution in [0.4, 0.5) is 5.69 Å². The zero-order valence-corrected chi connectivity index (χ0v) is 15.1. The van der Waals surface area contributed by atoms with Gasteiger partial charge in [0, 0.05) is 29.6 Å². The predicted molar refractivity (Wildman–Crippen MR) is 102 cm³/mol. The third-order valence-electron chi connectivity index (χ3n) is 5.23. The zero-order valence-electron chi connectivity index (χ0n) is 15.1. The van der Waals surface area contributed by atoms with E-state index in [2.05, 4.69) is 22.0 Å². The molecule has 0 aliphatic carbocycles. The fourth-order valence-corrected chi connectivity index (χ4v) is 3.95. The van der Waals surface area contributed by atoms with Crippen LogP contribution in [0.5, 0.6) is 11.5 Å². The summed E-state index contributed by atoms with van der Waals surface area (Å²) in [4.78, 5) is 18.3. The lowest BCUT2D eigenvalue weighted by atomic mass is 10.0. The summed E-state index contributed by atoms with van der Waals surface area (Å²) in [5.41, 5.74) is 4.67. The van der Waals surface area contributed by atoms with Gasteiger partial charge in [-0.2, -0.15) is 0 Å². The highest BCUT2D eigenvalue weighted by Crippen LogP contribution is 2.37. The highest BCUT2D eigenvalue weighted by atomic mass is 16.5. The van der Waals surface area contributed by atoms with Crippen molar-refractivity contribution in [2.24, 2.45) is 4.99 Å². The van der Waals surface area contributed by atoms with Crippen molar-refractivity contribution < 1.29 is 14.3 Å². The molecule has 0 saturated heterocycles. The van der Waals surface area contributed by atoms with Gasteiger partial charge in [-0.25, -0.2) is 4.99 Å². The summed E-state index contributed by atoms with van der Waals surface area (Å²) in [7, 11) is 3.33. The first-order chi connectivity index (χ1) is 12.7. The Hall–Kier alpha value is -2.82. The second kappa shape index (κ2) is 6.83. The Morgan fingerprint density at radius 1 is 1.19 bits per heavy atom. The second-order valence-corrected chi connectivity index (χ2v) is 6.71. The van der Waals surface area contributed by atoms with Crippen molar-refractivity contribution in [2.75, 3.05) is 25.7 Å². The first-order valence-corrected chi connectivity index (χ1v) is 8.86. The number of hydrogen-bond donors (Lipinski definition) is 0. The molecule has 4 rings (SSSR count). The lowest BCUT2D eigenvalue weighted by Gasteiger charge is -2.26. The SMILES string of the molecule is COc1ccc(CCC2Cc3cccc4c3N2CC(=O)N=C4)c(OC)c1. The standard InChI is InChI=1S/C21H22N2O3/c1-25-18-9-7-14(19(11-18)26-2)6-8-17-10-15-4-3-5-16-12-22-20(24)13-23(17)21(15)16/h3-5,7,9,11-12,17H,6,8,10,13H2,1-2H3. The van der Waals surface area contributed by atoms with Crippen LogP contribution < -0.4 is 14.4 Å². The number of ether oxygens (including phenoxy) is 2. The number of amides is 1. The number of rotatable bonds is 5. The Kier molecular flexibility index (Phi) is 4.37. The number of nitrogens with zero attached hydrogens (tertiary/aromatic N) is 2. The molecule has 0 radical (unpaired) electrons. The Labute approximate surface area is 153 Å². The summed E-state index contributed by atoms with van der Waals surface area (Å²) in [6, 6.07) is 12.5. The minimum absolute atomic E-state index is 0.0823. The zero-order chi connectivity index (χ0) is 18.1. The summed E-state index contributed by atoms with van der Waals surface area (Å²) in [6.07, 6.45) is 4.50. The van der Waals surface area contributed by atoms with Crippen LogP contribution in [0.3, 0.4) is 0 Å². The number of anilines is 1. The van der Waals surface area contributed by atoms with Crippen LogP contribution in [0, 0.1) is 0 Å². The minimum Gasteiger partial charge on any atom is -0.497 e. The molecule has 1 amide bonds. The van der Waals surface area contributed by atoms with Gasteiger partial charge in [0.15, 0.2) is 0 Å². The molecule has 134 valence electrons. The number of aliphatic imine (C=N–C) groups is 1. The van der Waals surface area contributed by atoms with Gasteiger partial charge >= 0.3 is 0 Å². The molecule has 0 saturated carbocycles. The van der Waals surface area contributed by atoms with E-state index in [9.17, 15) is 4.79 Å². The van der Waals surface area contributed by atoms with Crippen LogP contribution in [-0.4, -0.2) is 38.9 Å². The molecular formula is C21H22N2O3. The van der Waals surface area contributed by atoms with E-state index in [-0.39, 0.29) is 5.91 Å². The maximum Gasteiger partial charge on any atom is 0.265 e. The molecule has 0 aromatic heterocycles. The van der Waals surface area contributed by atoms with Gasteiger partial charge in [0.05, 0.1) is 20.8 Å². The molecule has 26 heavy (non-hydrogen) atoms. The molecule has 2 aliphatic rings. The molecule has 5 heteroatoms. The Balaban J connectivity index is 1.56. The molecule has 2 aromatic rings. The van der Waals surface area contributed by atoms with Crippen molar-refractivity contribution in [1.82, 2.24) is 0 Å². The van der Waals surface area contributed by atoms with Crippen LogP contribution in [0.2, 0.25) is 0 Å². The first kappa shape index (κ1) is 16.6. The highest BCUT2D eigenvalue weighted by molar-refractivity contribution is 6.01. The summed E-state index contributed by atoms with van der Waals surface area (Å²) in [6.45, 7) is 0.352. The second-order valence-electron chi connectivity index (χ2n) is 6.71. The number of hydrogen-bond acceptors (Lipinski definition) is 4. The predicted octanol–water partition coefficient (Wildman–Crippen LogP) is 3.03. The van der Waals surface area contributed by atoms with Crippen molar-refractivity contribution >= 4 is 17.8 Å². The number of methoxy groups -OCH3 is 2. The average Bonchev–Trinajstić information content (AvgIpc) is 2.92. The first-order valence-electron chi connectivity index (χ1n) is 8.86. The molecule has 0 spiro atoms. The van der Waals surface area contributed by atoms with Crippen LogP contribution in [0.15, 0.2) is 41.4 Å². The Morgan fingerprint density at radius 2 is 2.08 bits per heavy atom. The fourth-order valence-electron chi connectivity index (χ4n) is 3.95. The van der Waals surface area contributed by atoms with Crippen LogP contribution in [0.25, 0.3) is 0 Å². The van der Waals surface area contributed by atoms with E-state index in [4.69, 9.17) is 9.47 Å². The van der Waals surface area contributed by atoms with Crippen LogP contribution in [-0.2, 0) is 17.6 Å². The van der Waals surface area contributed by atoms with Gasteiger partial charge in [-0.3, -0.25) is 4.79 Å². The van der Waals surface area contributed by atoms with E-state index < -0.39 is 0 Å². The van der Waals surface area contributed by atoms with Crippen molar-refractivity contribution in [3.63, 3.8) is 0 Å². The molecule has 2 heterocycles. The van der Waals surface area contributed by atoms with Gasteiger partial charge in [-0.15, -0.1) is 0 Å². The summed E-state index contributed by atoms with van der Waals surface area (Å²) < 4.78 is 10.8. The number of carbonyl (C=O) groups is 1. The maximum atomic E-state index is 12.1. The molecule has 0 bridgehead atoms. The van der Waals surface area contributed by atoms with Gasteiger partial charge in [-0.05, 0) is 36.5 Å². The van der Waals surface area contributed by atoms with E-state index in [0.717, 1.165) is 41.9 Å². The van der Waals surface area contributed by atoms with E-state index in [0.29, 0.717) is 12.6 Å². The average molecular weight is 350 g/mol. The van der Waals surface area contributed by atoms with Crippen LogP contribution in [0.1, 0.15) is 23.1 Å². The fraction of sp³-hybridized carbons (Fsp3) is 0.333. The minimum atomic E-state index is -0.0823. The summed E-state index contributed by atoms with van der Waals surface area (Å²) in [5.74, 6) is 1.55. The number of aryl methyl sites for hydroxylation is 1. The van der Waals surface area contributed by atoms with Crippen molar-refractivity contribution in [3.05, 3.63) is 53.1 Å². The molecule has 2 aromatic carbocycles. The highest BCUT2D eigenvalue weighted by Gasteiger charge is 2.33. The lowest BCUT2D eigenvalue weighted by molar-refractivity contribution is -0.116. The topological polar surface area (TPSA) is 51.1 Å². The van der Waals surface area contributed by atoms with Crippen LogP contribution >= 0.6 is 0 Å². The van der Waals surface area contributed by atoms with Gasteiger partial charge in [0.25, 0.3) is 5.91 Å². The quantitative estimate of drug-likeness (QED) is 0.832. The molecule has 1 unspecified atom stereocenters. The number of benzene rings is 2. The Morgan fingerprint density at radius 3 is 2.88 bits per heavy atom. The smallest absolute Gasteiger partial charge is 0.265 e. The maximum absolute atomic E-state index is 12.1. The van der Waals surface area contributed by atoms with Gasteiger partial charge < -0.3 is 14.4 Å². The van der Waals surface area contributed by atoms with E-state index in [1.54, 1.807) is 20.4 Å². The number of carbonyl (C=O) groups excluding carboxylic acids is 1. The van der Waals surface area contributed by atoms with E-state index in [1.165, 1.54) is 11.3 Å². The third kappa shape index (κ3) is 2.94.